The topological polar surface area (TPSA) is 42.7 Å². The molecule has 0 bridgehead atoms. The van der Waals surface area contributed by atoms with E-state index in [1.807, 2.05) is 29.1 Å². The number of hydrogen-bond acceptors (Lipinski definition) is 3. The maximum absolute atomic E-state index is 4.28. The summed E-state index contributed by atoms with van der Waals surface area (Å²) in [5.41, 5.74) is 2.27. The Bertz CT molecular complexity index is 582. The summed E-state index contributed by atoms with van der Waals surface area (Å²) in [6, 6.07) is 10.6. The fourth-order valence-corrected chi connectivity index (χ4v) is 3.88. The molecule has 2 aliphatic rings. The maximum atomic E-state index is 4.28. The fraction of sp³-hybridized carbons (Fsp3) is 0.500. The molecule has 0 saturated heterocycles. The molecular weight excluding hydrogens is 248 g/mol. The van der Waals surface area contributed by atoms with E-state index in [2.05, 4.69) is 34.8 Å². The minimum Gasteiger partial charge on any atom is -0.311 e. The molecule has 2 saturated carbocycles. The van der Waals surface area contributed by atoms with Gasteiger partial charge in [-0.2, -0.15) is 0 Å². The molecule has 20 heavy (non-hydrogen) atoms. The van der Waals surface area contributed by atoms with E-state index in [0.717, 1.165) is 23.4 Å². The fourth-order valence-electron chi connectivity index (χ4n) is 3.88. The van der Waals surface area contributed by atoms with Crippen molar-refractivity contribution in [1.82, 2.24) is 20.3 Å². The van der Waals surface area contributed by atoms with Gasteiger partial charge in [0.05, 0.1) is 23.6 Å². The van der Waals surface area contributed by atoms with E-state index in [4.69, 9.17) is 0 Å². The van der Waals surface area contributed by atoms with Crippen molar-refractivity contribution in [2.75, 3.05) is 7.05 Å². The number of rotatable bonds is 4. The first-order valence-corrected chi connectivity index (χ1v) is 7.50. The van der Waals surface area contributed by atoms with E-state index >= 15 is 0 Å². The van der Waals surface area contributed by atoms with Crippen LogP contribution in [0.2, 0.25) is 0 Å². The lowest BCUT2D eigenvalue weighted by Gasteiger charge is -2.24. The quantitative estimate of drug-likeness (QED) is 0.926. The number of nitrogens with zero attached hydrogens (tertiary/aromatic N) is 3. The Morgan fingerprint density at radius 3 is 2.60 bits per heavy atom. The smallest absolute Gasteiger partial charge is 0.0817 e. The Morgan fingerprint density at radius 1 is 1.15 bits per heavy atom. The maximum Gasteiger partial charge on any atom is 0.0817 e. The van der Waals surface area contributed by atoms with Crippen LogP contribution in [-0.2, 0) is 0 Å². The largest absolute Gasteiger partial charge is 0.311 e. The van der Waals surface area contributed by atoms with E-state index in [1.54, 1.807) is 0 Å². The van der Waals surface area contributed by atoms with Gasteiger partial charge in [-0.15, -0.1) is 5.10 Å². The number of fused-ring (bicyclic) bond motifs is 1. The summed E-state index contributed by atoms with van der Waals surface area (Å²) in [4.78, 5) is 0. The molecule has 1 heterocycles. The molecule has 3 atom stereocenters. The van der Waals surface area contributed by atoms with Crippen LogP contribution in [0.5, 0.6) is 0 Å². The molecule has 0 aliphatic heterocycles. The molecule has 4 nitrogen and oxygen atoms in total. The number of hydrogen-bond donors (Lipinski definition) is 1. The number of para-hydroxylation sites is 1. The van der Waals surface area contributed by atoms with E-state index in [1.165, 1.54) is 25.0 Å². The second kappa shape index (κ2) is 4.70. The van der Waals surface area contributed by atoms with E-state index in [-0.39, 0.29) is 0 Å². The first-order valence-electron chi connectivity index (χ1n) is 7.50. The summed E-state index contributed by atoms with van der Waals surface area (Å²) in [5, 5.41) is 11.9. The summed E-state index contributed by atoms with van der Waals surface area (Å²) < 4.78 is 1.98. The van der Waals surface area contributed by atoms with Crippen LogP contribution >= 0.6 is 0 Å². The van der Waals surface area contributed by atoms with Crippen molar-refractivity contribution in [2.24, 2.45) is 17.8 Å². The minimum absolute atomic E-state index is 0.359. The predicted octanol–water partition coefficient (Wildman–Crippen LogP) is 2.57. The van der Waals surface area contributed by atoms with Crippen LogP contribution in [0.25, 0.3) is 5.69 Å². The van der Waals surface area contributed by atoms with E-state index in [9.17, 15) is 0 Å². The van der Waals surface area contributed by atoms with Crippen LogP contribution in [0.4, 0.5) is 0 Å². The predicted molar refractivity (Wildman–Crippen MR) is 77.5 cm³/mol. The van der Waals surface area contributed by atoms with Gasteiger partial charge < -0.3 is 5.32 Å². The highest BCUT2D eigenvalue weighted by Crippen LogP contribution is 2.57. The normalized spacial score (nSPS) is 29.1. The van der Waals surface area contributed by atoms with Gasteiger partial charge in [-0.05, 0) is 56.2 Å². The average Bonchev–Trinajstić information content (AvgIpc) is 2.92. The molecule has 3 unspecified atom stereocenters. The Hall–Kier alpha value is -1.68. The van der Waals surface area contributed by atoms with Crippen molar-refractivity contribution >= 4 is 0 Å². The third-order valence-corrected chi connectivity index (χ3v) is 4.96. The third-order valence-electron chi connectivity index (χ3n) is 4.96. The van der Waals surface area contributed by atoms with Gasteiger partial charge in [0.15, 0.2) is 0 Å². The average molecular weight is 268 g/mol. The van der Waals surface area contributed by atoms with Crippen LogP contribution in [0.15, 0.2) is 36.5 Å². The highest BCUT2D eigenvalue weighted by molar-refractivity contribution is 5.32. The number of aromatic nitrogens is 3. The molecule has 0 spiro atoms. The molecule has 104 valence electrons. The highest BCUT2D eigenvalue weighted by atomic mass is 15.4. The Balaban J connectivity index is 1.65. The van der Waals surface area contributed by atoms with Gasteiger partial charge in [-0.1, -0.05) is 23.4 Å². The monoisotopic (exact) mass is 268 g/mol. The lowest BCUT2D eigenvalue weighted by Crippen LogP contribution is -2.27. The minimum atomic E-state index is 0.359. The van der Waals surface area contributed by atoms with Crippen LogP contribution in [0.3, 0.4) is 0 Å². The molecule has 0 amide bonds. The number of benzene rings is 1. The molecule has 4 heteroatoms. The molecule has 2 aliphatic carbocycles. The summed E-state index contributed by atoms with van der Waals surface area (Å²) in [6.45, 7) is 0. The van der Waals surface area contributed by atoms with Gasteiger partial charge in [-0.3, -0.25) is 0 Å². The molecule has 1 N–H and O–H groups in total. The highest BCUT2D eigenvalue weighted by Gasteiger charge is 2.48. The lowest BCUT2D eigenvalue weighted by atomic mass is 9.92. The van der Waals surface area contributed by atoms with Crippen molar-refractivity contribution in [3.63, 3.8) is 0 Å². The van der Waals surface area contributed by atoms with E-state index in [0.29, 0.717) is 6.04 Å². The molecule has 2 aromatic rings. The zero-order valence-corrected chi connectivity index (χ0v) is 11.7. The molecule has 1 aromatic carbocycles. The summed E-state index contributed by atoms with van der Waals surface area (Å²) in [5.74, 6) is 2.72. The van der Waals surface area contributed by atoms with Crippen molar-refractivity contribution in [3.8, 4) is 5.69 Å². The van der Waals surface area contributed by atoms with Gasteiger partial charge in [-0.25, -0.2) is 4.68 Å². The molecule has 4 rings (SSSR count). The second-order valence-electron chi connectivity index (χ2n) is 6.16. The van der Waals surface area contributed by atoms with Gasteiger partial charge in [0.2, 0.25) is 0 Å². The summed E-state index contributed by atoms with van der Waals surface area (Å²) in [7, 11) is 2.05. The van der Waals surface area contributed by atoms with Crippen molar-refractivity contribution < 1.29 is 0 Å². The zero-order chi connectivity index (χ0) is 13.5. The van der Waals surface area contributed by atoms with Gasteiger partial charge in [0.1, 0.15) is 0 Å². The van der Waals surface area contributed by atoms with Crippen LogP contribution in [0, 0.1) is 17.8 Å². The van der Waals surface area contributed by atoms with Crippen LogP contribution in [0.1, 0.15) is 31.0 Å². The van der Waals surface area contributed by atoms with Crippen LogP contribution in [-0.4, -0.2) is 22.0 Å². The summed E-state index contributed by atoms with van der Waals surface area (Å²) >= 11 is 0. The number of nitrogens with one attached hydrogen (secondary N) is 1. The molecule has 2 fully saturated rings. The molecule has 1 aromatic heterocycles. The zero-order valence-electron chi connectivity index (χ0n) is 11.7. The van der Waals surface area contributed by atoms with Gasteiger partial charge >= 0.3 is 0 Å². The van der Waals surface area contributed by atoms with Crippen molar-refractivity contribution in [2.45, 2.75) is 25.3 Å². The molecular formula is C16H20N4. The van der Waals surface area contributed by atoms with Gasteiger partial charge in [0, 0.05) is 0 Å². The van der Waals surface area contributed by atoms with Crippen LogP contribution < -0.4 is 5.32 Å². The SMILES string of the molecule is CNC(c1cnnn1-c1ccccc1)C1CC2CC2C1. The van der Waals surface area contributed by atoms with E-state index < -0.39 is 0 Å². The Kier molecular flexibility index (Phi) is 2.84. The Morgan fingerprint density at radius 2 is 1.90 bits per heavy atom. The van der Waals surface area contributed by atoms with Crippen molar-refractivity contribution in [3.05, 3.63) is 42.2 Å². The van der Waals surface area contributed by atoms with Gasteiger partial charge in [0.25, 0.3) is 0 Å². The lowest BCUT2D eigenvalue weighted by molar-refractivity contribution is 0.348. The first kappa shape index (κ1) is 12.1. The Labute approximate surface area is 119 Å². The standard InChI is InChI=1S/C16H20N4/c1-17-16(13-8-11-7-12(11)9-13)15-10-18-19-20(15)14-5-3-2-4-6-14/h2-6,10-13,16-17H,7-9H2,1H3. The molecule has 0 radical (unpaired) electrons. The summed E-state index contributed by atoms with van der Waals surface area (Å²) in [6.07, 6.45) is 6.09. The second-order valence-corrected chi connectivity index (χ2v) is 6.16. The van der Waals surface area contributed by atoms with Crippen molar-refractivity contribution in [1.29, 1.82) is 0 Å². The first-order chi connectivity index (χ1) is 9.86. The third kappa shape index (κ3) is 1.95.